The lowest BCUT2D eigenvalue weighted by Crippen LogP contribution is -2.24. The van der Waals surface area contributed by atoms with Gasteiger partial charge in [-0.15, -0.1) is 11.8 Å². The van der Waals surface area contributed by atoms with Crippen molar-refractivity contribution in [2.45, 2.75) is 11.4 Å². The second-order valence-corrected chi connectivity index (χ2v) is 6.25. The van der Waals surface area contributed by atoms with Crippen LogP contribution in [0, 0.1) is 5.82 Å². The molecule has 116 valence electrons. The van der Waals surface area contributed by atoms with Gasteiger partial charge in [0.05, 0.1) is 5.75 Å². The average molecular weight is 325 g/mol. The molecule has 0 aromatic heterocycles. The summed E-state index contributed by atoms with van der Waals surface area (Å²) < 4.78 is 12.8. The number of carbonyl (C=O) groups is 1. The van der Waals surface area contributed by atoms with E-state index in [9.17, 15) is 9.18 Å². The van der Waals surface area contributed by atoms with Crippen LogP contribution in [0.5, 0.6) is 0 Å². The topological polar surface area (TPSA) is 29.1 Å². The predicted molar refractivity (Wildman–Crippen MR) is 92.9 cm³/mol. The summed E-state index contributed by atoms with van der Waals surface area (Å²) in [6.07, 6.45) is 0. The molecule has 3 rings (SSSR count). The summed E-state index contributed by atoms with van der Waals surface area (Å²) in [6.45, 7) is 0.414. The predicted octanol–water partition coefficient (Wildman–Crippen LogP) is 4.39. The van der Waals surface area contributed by atoms with Gasteiger partial charge >= 0.3 is 0 Å². The maximum absolute atomic E-state index is 12.8. The zero-order chi connectivity index (χ0) is 16.1. The van der Waals surface area contributed by atoms with Crippen LogP contribution in [0.1, 0.15) is 5.56 Å². The fourth-order valence-corrected chi connectivity index (χ4v) is 3.03. The largest absolute Gasteiger partial charge is 0.351 e. The molecule has 0 radical (unpaired) electrons. The van der Waals surface area contributed by atoms with Crippen LogP contribution >= 0.6 is 11.8 Å². The number of nitrogens with one attached hydrogen (secondary N) is 1. The molecule has 0 aliphatic heterocycles. The van der Waals surface area contributed by atoms with E-state index in [1.54, 1.807) is 12.1 Å². The molecule has 0 heterocycles. The van der Waals surface area contributed by atoms with Crippen LogP contribution in [0.4, 0.5) is 4.39 Å². The number of amides is 1. The van der Waals surface area contributed by atoms with E-state index in [0.717, 1.165) is 10.5 Å². The Morgan fingerprint density at radius 2 is 1.70 bits per heavy atom. The Morgan fingerprint density at radius 3 is 2.48 bits per heavy atom. The van der Waals surface area contributed by atoms with Gasteiger partial charge in [-0.1, -0.05) is 42.5 Å². The molecule has 0 aliphatic carbocycles. The number of thioether (sulfide) groups is 1. The van der Waals surface area contributed by atoms with Crippen LogP contribution < -0.4 is 5.32 Å². The molecule has 2 nitrogen and oxygen atoms in total. The first-order valence-corrected chi connectivity index (χ1v) is 8.32. The van der Waals surface area contributed by atoms with Gasteiger partial charge in [-0.25, -0.2) is 4.39 Å². The Hall–Kier alpha value is -2.33. The molecule has 3 aromatic rings. The minimum atomic E-state index is -0.271. The highest BCUT2D eigenvalue weighted by atomic mass is 32.2. The van der Waals surface area contributed by atoms with Crippen molar-refractivity contribution in [2.24, 2.45) is 0 Å². The molecule has 3 aromatic carbocycles. The third-order valence-electron chi connectivity index (χ3n) is 3.49. The Morgan fingerprint density at radius 1 is 0.957 bits per heavy atom. The maximum Gasteiger partial charge on any atom is 0.230 e. The van der Waals surface area contributed by atoms with E-state index in [0.29, 0.717) is 12.3 Å². The van der Waals surface area contributed by atoms with E-state index < -0.39 is 0 Å². The number of hydrogen-bond donors (Lipinski definition) is 1. The van der Waals surface area contributed by atoms with Gasteiger partial charge in [-0.2, -0.15) is 0 Å². The zero-order valence-corrected chi connectivity index (χ0v) is 13.3. The Kier molecular flexibility index (Phi) is 4.93. The lowest BCUT2D eigenvalue weighted by Gasteiger charge is -2.06. The number of halogens is 1. The van der Waals surface area contributed by atoms with Crippen LogP contribution in [0.3, 0.4) is 0 Å². The van der Waals surface area contributed by atoms with E-state index in [1.165, 1.54) is 34.7 Å². The Balaban J connectivity index is 1.52. The highest BCUT2D eigenvalue weighted by molar-refractivity contribution is 8.00. The average Bonchev–Trinajstić information content (AvgIpc) is 2.59. The van der Waals surface area contributed by atoms with E-state index in [1.807, 2.05) is 18.2 Å². The van der Waals surface area contributed by atoms with Gasteiger partial charge < -0.3 is 5.32 Å². The lowest BCUT2D eigenvalue weighted by atomic mass is 10.1. The highest BCUT2D eigenvalue weighted by Gasteiger charge is 2.04. The monoisotopic (exact) mass is 325 g/mol. The van der Waals surface area contributed by atoms with E-state index in [2.05, 4.69) is 29.6 Å². The molecule has 23 heavy (non-hydrogen) atoms. The summed E-state index contributed by atoms with van der Waals surface area (Å²) in [5.41, 5.74) is 0.885. The normalized spacial score (nSPS) is 10.7. The van der Waals surface area contributed by atoms with Crippen molar-refractivity contribution in [2.75, 3.05) is 5.75 Å². The molecule has 4 heteroatoms. The summed E-state index contributed by atoms with van der Waals surface area (Å²) in [4.78, 5) is 13.0. The second-order valence-electron chi connectivity index (χ2n) is 5.20. The van der Waals surface area contributed by atoms with Gasteiger partial charge in [0.15, 0.2) is 0 Å². The third-order valence-corrected chi connectivity index (χ3v) is 4.49. The number of hydrogen-bond acceptors (Lipinski definition) is 2. The van der Waals surface area contributed by atoms with Crippen LogP contribution in [0.15, 0.2) is 71.6 Å². The maximum atomic E-state index is 12.8. The number of carbonyl (C=O) groups excluding carboxylic acids is 1. The van der Waals surface area contributed by atoms with Gasteiger partial charge in [0.1, 0.15) is 5.82 Å². The van der Waals surface area contributed by atoms with Gasteiger partial charge in [0.2, 0.25) is 5.91 Å². The SMILES string of the molecule is O=C(CSc1ccc2ccccc2c1)NCc1ccc(F)cc1. The van der Waals surface area contributed by atoms with Gasteiger partial charge in [-0.3, -0.25) is 4.79 Å². The zero-order valence-electron chi connectivity index (χ0n) is 12.5. The quantitative estimate of drug-likeness (QED) is 0.705. The van der Waals surface area contributed by atoms with Crippen molar-refractivity contribution >= 4 is 28.4 Å². The molecular formula is C19H16FNOS. The molecule has 0 unspecified atom stereocenters. The minimum Gasteiger partial charge on any atom is -0.351 e. The number of rotatable bonds is 5. The second kappa shape index (κ2) is 7.29. The summed E-state index contributed by atoms with van der Waals surface area (Å²) >= 11 is 1.51. The van der Waals surface area contributed by atoms with Crippen molar-refractivity contribution < 1.29 is 9.18 Å². The van der Waals surface area contributed by atoms with Crippen LogP contribution in [0.25, 0.3) is 10.8 Å². The molecule has 0 spiro atoms. The van der Waals surface area contributed by atoms with Crippen molar-refractivity contribution in [3.05, 3.63) is 78.1 Å². The first-order valence-electron chi connectivity index (χ1n) is 7.33. The van der Waals surface area contributed by atoms with Crippen LogP contribution in [-0.2, 0) is 11.3 Å². The fraction of sp³-hybridized carbons (Fsp3) is 0.105. The van der Waals surface area contributed by atoms with Crippen molar-refractivity contribution in [1.29, 1.82) is 0 Å². The first kappa shape index (κ1) is 15.6. The summed E-state index contributed by atoms with van der Waals surface area (Å²) in [5.74, 6) is 0.0546. The summed E-state index contributed by atoms with van der Waals surface area (Å²) in [5, 5.41) is 5.21. The molecule has 0 aliphatic rings. The van der Waals surface area contributed by atoms with E-state index >= 15 is 0 Å². The van der Waals surface area contributed by atoms with Gasteiger partial charge in [0, 0.05) is 11.4 Å². The van der Waals surface area contributed by atoms with Crippen LogP contribution in [0.2, 0.25) is 0 Å². The lowest BCUT2D eigenvalue weighted by molar-refractivity contribution is -0.118. The van der Waals surface area contributed by atoms with Crippen molar-refractivity contribution in [1.82, 2.24) is 5.32 Å². The van der Waals surface area contributed by atoms with Gasteiger partial charge in [0.25, 0.3) is 0 Å². The standard InChI is InChI=1S/C19H16FNOS/c20-17-8-5-14(6-9-17)12-21-19(22)13-23-18-10-7-15-3-1-2-4-16(15)11-18/h1-11H,12-13H2,(H,21,22). The van der Waals surface area contributed by atoms with Gasteiger partial charge in [-0.05, 0) is 40.6 Å². The smallest absolute Gasteiger partial charge is 0.230 e. The van der Waals surface area contributed by atoms with E-state index in [-0.39, 0.29) is 11.7 Å². The molecule has 0 saturated carbocycles. The molecule has 0 bridgehead atoms. The highest BCUT2D eigenvalue weighted by Crippen LogP contribution is 2.23. The Bertz CT molecular complexity index is 817. The molecule has 0 fully saturated rings. The molecule has 1 amide bonds. The number of fused-ring (bicyclic) bond motifs is 1. The first-order chi connectivity index (χ1) is 11.2. The van der Waals surface area contributed by atoms with Crippen LogP contribution in [-0.4, -0.2) is 11.7 Å². The van der Waals surface area contributed by atoms with Crippen molar-refractivity contribution in [3.63, 3.8) is 0 Å². The number of benzene rings is 3. The molecular weight excluding hydrogens is 309 g/mol. The summed E-state index contributed by atoms with van der Waals surface area (Å²) in [7, 11) is 0. The molecule has 0 atom stereocenters. The Labute approximate surface area is 138 Å². The van der Waals surface area contributed by atoms with E-state index in [4.69, 9.17) is 0 Å². The molecule has 0 saturated heterocycles. The summed E-state index contributed by atoms with van der Waals surface area (Å²) in [6, 6.07) is 20.5. The van der Waals surface area contributed by atoms with Crippen molar-refractivity contribution in [3.8, 4) is 0 Å². The fourth-order valence-electron chi connectivity index (χ4n) is 2.26. The minimum absolute atomic E-state index is 0.0347. The molecule has 1 N–H and O–H groups in total. The third kappa shape index (κ3) is 4.33.